The van der Waals surface area contributed by atoms with E-state index in [1.807, 2.05) is 0 Å². The lowest BCUT2D eigenvalue weighted by atomic mass is 10.2. The minimum absolute atomic E-state index is 0.118. The number of rotatable bonds is 3. The fourth-order valence-corrected chi connectivity index (χ4v) is 2.21. The molecule has 1 N–H and O–H groups in total. The molecule has 0 saturated heterocycles. The summed E-state index contributed by atoms with van der Waals surface area (Å²) in [5.74, 6) is 0.126. The molecule has 22 heavy (non-hydrogen) atoms. The van der Waals surface area contributed by atoms with Gasteiger partial charge in [-0.25, -0.2) is 0 Å². The predicted octanol–water partition coefficient (Wildman–Crippen LogP) is 1.49. The van der Waals surface area contributed by atoms with E-state index in [-0.39, 0.29) is 25.0 Å². The second-order valence-electron chi connectivity index (χ2n) is 4.54. The van der Waals surface area contributed by atoms with Crippen molar-refractivity contribution in [1.82, 2.24) is 10.2 Å². The average Bonchev–Trinajstić information content (AvgIpc) is 2.51. The molecule has 2 aromatic rings. The lowest BCUT2D eigenvalue weighted by molar-refractivity contribution is -0.123. The molecule has 7 nitrogen and oxygen atoms in total. The van der Waals surface area contributed by atoms with Gasteiger partial charge in [-0.15, -0.1) is 5.10 Å². The number of hydrogen-bond donors (Lipinski definition) is 1. The van der Waals surface area contributed by atoms with E-state index in [9.17, 15) is 9.59 Å². The van der Waals surface area contributed by atoms with Gasteiger partial charge < -0.3 is 10.1 Å². The van der Waals surface area contributed by atoms with Crippen LogP contribution in [-0.4, -0.2) is 35.2 Å². The number of hydrogen-bond acceptors (Lipinski definition) is 5. The summed E-state index contributed by atoms with van der Waals surface area (Å²) >= 11 is 5.94. The van der Waals surface area contributed by atoms with Crippen molar-refractivity contribution in [3.8, 4) is 5.75 Å². The summed E-state index contributed by atoms with van der Waals surface area (Å²) < 4.78 is 5.32. The van der Waals surface area contributed by atoms with Crippen LogP contribution < -0.4 is 15.0 Å². The first kappa shape index (κ1) is 14.3. The molecule has 0 bridgehead atoms. The van der Waals surface area contributed by atoms with Gasteiger partial charge in [-0.05, 0) is 30.3 Å². The first-order valence-corrected chi connectivity index (χ1v) is 6.81. The summed E-state index contributed by atoms with van der Waals surface area (Å²) in [6.45, 7) is -0.279. The monoisotopic (exact) mass is 318 g/mol. The van der Waals surface area contributed by atoms with Gasteiger partial charge >= 0.3 is 0 Å². The second-order valence-corrected chi connectivity index (χ2v) is 4.97. The number of nitrogens with one attached hydrogen (secondary N) is 1. The van der Waals surface area contributed by atoms with E-state index in [0.717, 1.165) is 0 Å². The molecule has 2 amide bonds. The highest BCUT2D eigenvalue weighted by Gasteiger charge is 2.27. The third-order valence-electron chi connectivity index (χ3n) is 3.01. The summed E-state index contributed by atoms with van der Waals surface area (Å²) in [5, 5.41) is 10.5. The van der Waals surface area contributed by atoms with Gasteiger partial charge in [0.25, 0.3) is 5.91 Å². The lowest BCUT2D eigenvalue weighted by Gasteiger charge is -2.28. The van der Waals surface area contributed by atoms with Crippen LogP contribution in [0.2, 0.25) is 5.02 Å². The molecule has 0 aliphatic carbocycles. The van der Waals surface area contributed by atoms with Gasteiger partial charge in [0.2, 0.25) is 5.91 Å². The summed E-state index contributed by atoms with van der Waals surface area (Å²) in [5.41, 5.74) is 0.470. The Morgan fingerprint density at radius 1 is 1.41 bits per heavy atom. The SMILES string of the molecule is O=C(CN1C(=O)COc2ccc(Cl)cc21)Nc1cccnn1. The van der Waals surface area contributed by atoms with Gasteiger partial charge in [-0.3, -0.25) is 14.5 Å². The Kier molecular flexibility index (Phi) is 3.88. The number of nitrogens with zero attached hydrogens (tertiary/aromatic N) is 3. The summed E-state index contributed by atoms with van der Waals surface area (Å²) in [4.78, 5) is 25.4. The van der Waals surface area contributed by atoms with E-state index in [1.54, 1.807) is 30.3 Å². The average molecular weight is 319 g/mol. The summed E-state index contributed by atoms with van der Waals surface area (Å²) in [6.07, 6.45) is 1.50. The minimum Gasteiger partial charge on any atom is -0.482 e. The number of anilines is 2. The van der Waals surface area contributed by atoms with Crippen LogP contribution in [0.15, 0.2) is 36.5 Å². The lowest BCUT2D eigenvalue weighted by Crippen LogP contribution is -2.43. The summed E-state index contributed by atoms with van der Waals surface area (Å²) in [7, 11) is 0. The topological polar surface area (TPSA) is 84.4 Å². The predicted molar refractivity (Wildman–Crippen MR) is 80.0 cm³/mol. The van der Waals surface area contributed by atoms with Crippen LogP contribution in [-0.2, 0) is 9.59 Å². The molecule has 0 saturated carbocycles. The van der Waals surface area contributed by atoms with Crippen molar-refractivity contribution in [1.29, 1.82) is 0 Å². The van der Waals surface area contributed by atoms with Crippen molar-refractivity contribution in [2.24, 2.45) is 0 Å². The molecule has 0 atom stereocenters. The molecule has 0 radical (unpaired) electrons. The van der Waals surface area contributed by atoms with Gasteiger partial charge in [-0.2, -0.15) is 5.10 Å². The molecular formula is C14H11ClN4O3. The molecule has 1 aromatic carbocycles. The third-order valence-corrected chi connectivity index (χ3v) is 3.24. The highest BCUT2D eigenvalue weighted by atomic mass is 35.5. The fraction of sp³-hybridized carbons (Fsp3) is 0.143. The third kappa shape index (κ3) is 2.99. The molecule has 1 aliphatic rings. The van der Waals surface area contributed by atoms with Gasteiger partial charge in [0.05, 0.1) is 5.69 Å². The molecule has 1 aromatic heterocycles. The maximum absolute atomic E-state index is 12.1. The number of carbonyl (C=O) groups excluding carboxylic acids is 2. The Morgan fingerprint density at radius 2 is 2.27 bits per heavy atom. The van der Waals surface area contributed by atoms with Crippen LogP contribution in [0.4, 0.5) is 11.5 Å². The number of amides is 2. The Labute approximate surface area is 130 Å². The smallest absolute Gasteiger partial charge is 0.265 e. The molecule has 0 unspecified atom stereocenters. The molecule has 0 spiro atoms. The summed E-state index contributed by atoms with van der Waals surface area (Å²) in [6, 6.07) is 8.17. The molecule has 2 heterocycles. The van der Waals surface area contributed by atoms with Crippen molar-refractivity contribution in [2.45, 2.75) is 0 Å². The Hall–Kier alpha value is -2.67. The molecular weight excluding hydrogens is 308 g/mol. The Bertz CT molecular complexity index is 723. The number of ether oxygens (including phenoxy) is 1. The van der Waals surface area contributed by atoms with Gasteiger partial charge in [0.1, 0.15) is 12.3 Å². The molecule has 3 rings (SSSR count). The Balaban J connectivity index is 1.78. The highest BCUT2D eigenvalue weighted by Crippen LogP contribution is 2.34. The zero-order chi connectivity index (χ0) is 15.5. The van der Waals surface area contributed by atoms with E-state index < -0.39 is 0 Å². The number of carbonyl (C=O) groups is 2. The second kappa shape index (κ2) is 5.98. The van der Waals surface area contributed by atoms with Crippen molar-refractivity contribution < 1.29 is 14.3 Å². The number of fused-ring (bicyclic) bond motifs is 1. The van der Waals surface area contributed by atoms with Crippen molar-refractivity contribution >= 4 is 34.9 Å². The van der Waals surface area contributed by atoms with Crippen LogP contribution in [0.3, 0.4) is 0 Å². The standard InChI is InChI=1S/C14H11ClN4O3/c15-9-3-4-11-10(6-9)19(14(21)8-22-11)7-13(20)17-12-2-1-5-16-18-12/h1-6H,7-8H2,(H,17,18,20). The van der Waals surface area contributed by atoms with Crippen molar-refractivity contribution in [3.05, 3.63) is 41.6 Å². The molecule has 0 fully saturated rings. The van der Waals surface area contributed by atoms with Crippen LogP contribution in [0, 0.1) is 0 Å². The van der Waals surface area contributed by atoms with E-state index in [4.69, 9.17) is 16.3 Å². The Morgan fingerprint density at radius 3 is 3.05 bits per heavy atom. The zero-order valence-electron chi connectivity index (χ0n) is 11.3. The molecule has 112 valence electrons. The van der Waals surface area contributed by atoms with Crippen LogP contribution in [0.5, 0.6) is 5.75 Å². The maximum Gasteiger partial charge on any atom is 0.265 e. The minimum atomic E-state index is -0.387. The van der Waals surface area contributed by atoms with E-state index in [0.29, 0.717) is 22.3 Å². The van der Waals surface area contributed by atoms with Gasteiger partial charge in [0, 0.05) is 11.2 Å². The van der Waals surface area contributed by atoms with Gasteiger partial charge in [0.15, 0.2) is 12.4 Å². The van der Waals surface area contributed by atoms with Crippen molar-refractivity contribution in [3.63, 3.8) is 0 Å². The van der Waals surface area contributed by atoms with Crippen LogP contribution >= 0.6 is 11.6 Å². The molecule has 1 aliphatic heterocycles. The highest BCUT2D eigenvalue weighted by molar-refractivity contribution is 6.31. The van der Waals surface area contributed by atoms with E-state index >= 15 is 0 Å². The number of benzene rings is 1. The largest absolute Gasteiger partial charge is 0.482 e. The van der Waals surface area contributed by atoms with Gasteiger partial charge in [-0.1, -0.05) is 11.6 Å². The molecule has 8 heteroatoms. The van der Waals surface area contributed by atoms with Crippen LogP contribution in [0.25, 0.3) is 0 Å². The first-order valence-electron chi connectivity index (χ1n) is 6.44. The number of halogens is 1. The zero-order valence-corrected chi connectivity index (χ0v) is 12.1. The van der Waals surface area contributed by atoms with E-state index in [1.165, 1.54) is 11.1 Å². The normalized spacial score (nSPS) is 13.3. The number of aromatic nitrogens is 2. The quantitative estimate of drug-likeness (QED) is 0.927. The fourth-order valence-electron chi connectivity index (χ4n) is 2.04. The van der Waals surface area contributed by atoms with Crippen molar-refractivity contribution in [2.75, 3.05) is 23.4 Å². The van der Waals surface area contributed by atoms with Crippen LogP contribution in [0.1, 0.15) is 0 Å². The van der Waals surface area contributed by atoms with E-state index in [2.05, 4.69) is 15.5 Å². The maximum atomic E-state index is 12.1. The first-order chi connectivity index (χ1) is 10.6.